The molecule has 0 spiro atoms. The van der Waals surface area contributed by atoms with Gasteiger partial charge in [0.2, 0.25) is 0 Å². The first kappa shape index (κ1) is 14.2. The van der Waals surface area contributed by atoms with E-state index in [1.54, 1.807) is 0 Å². The summed E-state index contributed by atoms with van der Waals surface area (Å²) in [5.41, 5.74) is 4.86. The lowest BCUT2D eigenvalue weighted by atomic mass is 10.00. The lowest BCUT2D eigenvalue weighted by molar-refractivity contribution is 0.698. The molecule has 3 rings (SSSR count). The van der Waals surface area contributed by atoms with Gasteiger partial charge in [0.15, 0.2) is 0 Å². The van der Waals surface area contributed by atoms with Crippen LogP contribution in [-0.4, -0.2) is 12.0 Å². The van der Waals surface area contributed by atoms with E-state index in [4.69, 9.17) is 0 Å². The quantitative estimate of drug-likeness (QED) is 0.768. The molecule has 0 aliphatic rings. The van der Waals surface area contributed by atoms with Crippen molar-refractivity contribution in [3.05, 3.63) is 63.5 Å². The van der Waals surface area contributed by atoms with Crippen molar-refractivity contribution in [2.24, 2.45) is 0 Å². The molecule has 1 unspecified atom stereocenters. The third-order valence-electron chi connectivity index (χ3n) is 3.90. The second-order valence-corrected chi connectivity index (χ2v) is 6.24. The molecular formula is C18H20N2S. The van der Waals surface area contributed by atoms with Gasteiger partial charge >= 0.3 is 0 Å². The van der Waals surface area contributed by atoms with Gasteiger partial charge in [-0.15, -0.1) is 11.3 Å². The predicted molar refractivity (Wildman–Crippen MR) is 91.1 cm³/mol. The largest absolute Gasteiger partial charge is 0.309 e. The number of fused-ring (bicyclic) bond motifs is 1. The molecule has 21 heavy (non-hydrogen) atoms. The van der Waals surface area contributed by atoms with Gasteiger partial charge in [0, 0.05) is 16.0 Å². The number of thiophene rings is 1. The van der Waals surface area contributed by atoms with E-state index >= 15 is 0 Å². The van der Waals surface area contributed by atoms with Crippen LogP contribution in [-0.2, 0) is 6.42 Å². The number of hydrogen-bond donors (Lipinski definition) is 1. The Morgan fingerprint density at radius 2 is 2.05 bits per heavy atom. The zero-order valence-electron chi connectivity index (χ0n) is 12.7. The minimum absolute atomic E-state index is 0.255. The van der Waals surface area contributed by atoms with Crippen molar-refractivity contribution < 1.29 is 0 Å². The summed E-state index contributed by atoms with van der Waals surface area (Å²) in [5, 5.41) is 6.85. The number of rotatable bonds is 4. The van der Waals surface area contributed by atoms with Crippen LogP contribution in [0.3, 0.4) is 0 Å². The first-order chi connectivity index (χ1) is 10.2. The van der Waals surface area contributed by atoms with Gasteiger partial charge < -0.3 is 5.32 Å². The Morgan fingerprint density at radius 1 is 1.19 bits per heavy atom. The summed E-state index contributed by atoms with van der Waals surface area (Å²) in [6.07, 6.45) is 1.07. The first-order valence-corrected chi connectivity index (χ1v) is 8.21. The highest BCUT2D eigenvalue weighted by Gasteiger charge is 2.17. The van der Waals surface area contributed by atoms with Crippen molar-refractivity contribution in [1.82, 2.24) is 10.3 Å². The molecule has 0 aliphatic heterocycles. The van der Waals surface area contributed by atoms with Crippen molar-refractivity contribution in [3.63, 3.8) is 0 Å². The average Bonchev–Trinajstić information content (AvgIpc) is 2.96. The molecule has 108 valence electrons. The summed E-state index contributed by atoms with van der Waals surface area (Å²) < 4.78 is 0. The molecule has 1 atom stereocenters. The van der Waals surface area contributed by atoms with Gasteiger partial charge in [-0.2, -0.15) is 0 Å². The van der Waals surface area contributed by atoms with Gasteiger partial charge in [0.1, 0.15) is 0 Å². The molecule has 1 aromatic carbocycles. The maximum atomic E-state index is 4.58. The van der Waals surface area contributed by atoms with Gasteiger partial charge in [0.05, 0.1) is 11.6 Å². The van der Waals surface area contributed by atoms with Gasteiger partial charge in [-0.1, -0.05) is 19.1 Å². The van der Waals surface area contributed by atoms with Crippen LogP contribution < -0.4 is 5.32 Å². The number of aromatic nitrogens is 1. The van der Waals surface area contributed by atoms with Crippen LogP contribution in [0.4, 0.5) is 0 Å². The predicted octanol–water partition coefficient (Wildman–Crippen LogP) is 4.48. The molecule has 0 fully saturated rings. The summed E-state index contributed by atoms with van der Waals surface area (Å²) in [7, 11) is 2.03. The van der Waals surface area contributed by atoms with Crippen LogP contribution >= 0.6 is 11.3 Å². The molecule has 0 amide bonds. The van der Waals surface area contributed by atoms with E-state index < -0.39 is 0 Å². The van der Waals surface area contributed by atoms with Gasteiger partial charge in [0.25, 0.3) is 0 Å². The lowest BCUT2D eigenvalue weighted by Crippen LogP contribution is -2.17. The molecule has 2 aromatic heterocycles. The summed E-state index contributed by atoms with van der Waals surface area (Å²) in [6, 6.07) is 13.3. The van der Waals surface area contributed by atoms with E-state index in [0.29, 0.717) is 0 Å². The summed E-state index contributed by atoms with van der Waals surface area (Å²) >= 11 is 1.83. The van der Waals surface area contributed by atoms with Crippen LogP contribution in [0.5, 0.6) is 0 Å². The van der Waals surface area contributed by atoms with E-state index in [0.717, 1.165) is 17.6 Å². The highest BCUT2D eigenvalue weighted by atomic mass is 32.1. The lowest BCUT2D eigenvalue weighted by Gasteiger charge is -2.17. The Hall–Kier alpha value is -1.71. The Kier molecular flexibility index (Phi) is 4.04. The van der Waals surface area contributed by atoms with Crippen molar-refractivity contribution >= 4 is 22.2 Å². The van der Waals surface area contributed by atoms with Crippen LogP contribution in [0.2, 0.25) is 0 Å². The molecule has 0 radical (unpaired) electrons. The smallest absolute Gasteiger partial charge is 0.0705 e. The number of nitrogens with zero attached hydrogens (tertiary/aromatic N) is 1. The molecule has 0 aliphatic carbocycles. The number of benzene rings is 1. The fourth-order valence-electron chi connectivity index (χ4n) is 2.77. The van der Waals surface area contributed by atoms with E-state index in [-0.39, 0.29) is 6.04 Å². The first-order valence-electron chi connectivity index (χ1n) is 7.33. The second-order valence-electron chi connectivity index (χ2n) is 5.29. The van der Waals surface area contributed by atoms with Crippen LogP contribution in [0.25, 0.3) is 10.9 Å². The normalized spacial score (nSPS) is 12.7. The highest BCUT2D eigenvalue weighted by molar-refractivity contribution is 7.10. The second kappa shape index (κ2) is 5.96. The summed E-state index contributed by atoms with van der Waals surface area (Å²) in [5.74, 6) is 0. The van der Waals surface area contributed by atoms with E-state index in [1.165, 1.54) is 21.4 Å². The molecule has 3 heteroatoms. The Morgan fingerprint density at radius 3 is 2.81 bits per heavy atom. The maximum absolute atomic E-state index is 4.58. The zero-order chi connectivity index (χ0) is 14.8. The average molecular weight is 296 g/mol. The van der Waals surface area contributed by atoms with Gasteiger partial charge in [-0.05, 0) is 61.2 Å². The van der Waals surface area contributed by atoms with E-state index in [9.17, 15) is 0 Å². The fourth-order valence-corrected chi connectivity index (χ4v) is 3.90. The number of nitrogens with one attached hydrogen (secondary N) is 1. The molecule has 1 N–H and O–H groups in total. The van der Waals surface area contributed by atoms with Crippen molar-refractivity contribution in [2.45, 2.75) is 26.3 Å². The zero-order valence-corrected chi connectivity index (χ0v) is 13.5. The molecule has 2 heterocycles. The van der Waals surface area contributed by atoms with Crippen LogP contribution in [0, 0.1) is 6.92 Å². The van der Waals surface area contributed by atoms with Crippen molar-refractivity contribution in [2.75, 3.05) is 7.05 Å². The third kappa shape index (κ3) is 2.71. The summed E-state index contributed by atoms with van der Waals surface area (Å²) in [6.45, 7) is 4.24. The number of aryl methyl sites for hydroxylation is 2. The number of hydrogen-bond acceptors (Lipinski definition) is 3. The molecule has 0 bridgehead atoms. The standard InChI is InChI=1S/C18H20N2S/c1-4-13-9-10-21-18(13)17(19-3)15-7-8-16-14(11-15)6-5-12(2)20-16/h5-11,17,19H,4H2,1-3H3. The molecule has 2 nitrogen and oxygen atoms in total. The number of pyridine rings is 1. The molecule has 0 saturated heterocycles. The minimum Gasteiger partial charge on any atom is -0.309 e. The highest BCUT2D eigenvalue weighted by Crippen LogP contribution is 2.31. The van der Waals surface area contributed by atoms with E-state index in [2.05, 4.69) is 59.0 Å². The Balaban J connectivity index is 2.07. The maximum Gasteiger partial charge on any atom is 0.0705 e. The molecular weight excluding hydrogens is 276 g/mol. The van der Waals surface area contributed by atoms with Gasteiger partial charge in [-0.3, -0.25) is 4.98 Å². The van der Waals surface area contributed by atoms with Crippen molar-refractivity contribution in [1.29, 1.82) is 0 Å². The van der Waals surface area contributed by atoms with Gasteiger partial charge in [-0.25, -0.2) is 0 Å². The SMILES string of the molecule is CCc1ccsc1C(NC)c1ccc2nc(C)ccc2c1. The summed E-state index contributed by atoms with van der Waals surface area (Å²) in [4.78, 5) is 6.00. The van der Waals surface area contributed by atoms with E-state index in [1.807, 2.05) is 25.3 Å². The molecule has 3 aromatic rings. The Bertz CT molecular complexity index is 761. The monoisotopic (exact) mass is 296 g/mol. The minimum atomic E-state index is 0.255. The van der Waals surface area contributed by atoms with Crippen LogP contribution in [0.15, 0.2) is 41.8 Å². The molecule has 0 saturated carbocycles. The Labute approximate surface area is 129 Å². The topological polar surface area (TPSA) is 24.9 Å². The fraction of sp³-hybridized carbons (Fsp3) is 0.278. The van der Waals surface area contributed by atoms with Crippen molar-refractivity contribution in [3.8, 4) is 0 Å². The third-order valence-corrected chi connectivity index (χ3v) is 4.92. The van der Waals surface area contributed by atoms with Crippen LogP contribution in [0.1, 0.15) is 34.7 Å².